The molecule has 0 bridgehead atoms. The molecule has 1 aliphatic carbocycles. The number of rotatable bonds is 1. The molecule has 1 unspecified atom stereocenters. The second-order valence-corrected chi connectivity index (χ2v) is 4.86. The van der Waals surface area contributed by atoms with Crippen molar-refractivity contribution >= 4 is 5.78 Å². The van der Waals surface area contributed by atoms with Gasteiger partial charge in [0, 0.05) is 12.8 Å². The van der Waals surface area contributed by atoms with Crippen molar-refractivity contribution in [3.63, 3.8) is 0 Å². The molecule has 1 heteroatoms. The van der Waals surface area contributed by atoms with Gasteiger partial charge in [-0.1, -0.05) is 38.2 Å². The van der Waals surface area contributed by atoms with E-state index in [1.54, 1.807) is 0 Å². The lowest BCUT2D eigenvalue weighted by molar-refractivity contribution is -0.119. The Hall–Kier alpha value is -0.850. The van der Waals surface area contributed by atoms with Crippen LogP contribution in [0.4, 0.5) is 0 Å². The summed E-state index contributed by atoms with van der Waals surface area (Å²) in [4.78, 5) is 11.5. The fourth-order valence-corrected chi connectivity index (χ4v) is 1.96. The molecule has 0 radical (unpaired) electrons. The van der Waals surface area contributed by atoms with Crippen LogP contribution in [0.25, 0.3) is 0 Å². The number of hydrogen-bond donors (Lipinski definition) is 0. The highest BCUT2D eigenvalue weighted by molar-refractivity contribution is 5.78. The molecule has 84 valence electrons. The lowest BCUT2D eigenvalue weighted by Crippen LogP contribution is -2.10. The molecule has 0 aromatic carbocycles. The first-order valence-corrected chi connectivity index (χ1v) is 5.97. The van der Waals surface area contributed by atoms with Crippen LogP contribution in [-0.2, 0) is 4.79 Å². The molecular formula is C14H22O. The van der Waals surface area contributed by atoms with Crippen molar-refractivity contribution in [3.05, 3.63) is 24.3 Å². The lowest BCUT2D eigenvalue weighted by Gasteiger charge is -2.17. The van der Waals surface area contributed by atoms with Gasteiger partial charge in [-0.2, -0.15) is 0 Å². The molecule has 1 atom stereocenters. The van der Waals surface area contributed by atoms with Crippen molar-refractivity contribution in [1.29, 1.82) is 0 Å². The van der Waals surface area contributed by atoms with E-state index in [0.29, 0.717) is 17.6 Å². The van der Waals surface area contributed by atoms with Gasteiger partial charge in [0.1, 0.15) is 5.78 Å². The van der Waals surface area contributed by atoms with E-state index in [1.165, 1.54) is 0 Å². The van der Waals surface area contributed by atoms with E-state index in [4.69, 9.17) is 0 Å². The Morgan fingerprint density at radius 1 is 1.33 bits per heavy atom. The third-order valence-electron chi connectivity index (χ3n) is 3.15. The maximum atomic E-state index is 11.5. The van der Waals surface area contributed by atoms with E-state index in [-0.39, 0.29) is 0 Å². The first-order valence-electron chi connectivity index (χ1n) is 5.97. The minimum absolute atomic E-state index is 0.420. The first kappa shape index (κ1) is 12.2. The molecule has 0 N–H and O–H groups in total. The average molecular weight is 206 g/mol. The Morgan fingerprint density at radius 2 is 2.07 bits per heavy atom. The molecule has 0 spiro atoms. The van der Waals surface area contributed by atoms with Crippen LogP contribution in [0.3, 0.4) is 0 Å². The molecule has 1 rings (SSSR count). The Kier molecular flexibility index (Phi) is 4.80. The van der Waals surface area contributed by atoms with Crippen LogP contribution in [0.15, 0.2) is 24.3 Å². The number of carbonyl (C=O) groups is 1. The Morgan fingerprint density at radius 3 is 2.73 bits per heavy atom. The second kappa shape index (κ2) is 5.89. The summed E-state index contributed by atoms with van der Waals surface area (Å²) in [5.74, 6) is 1.56. The maximum absolute atomic E-state index is 11.5. The third kappa shape index (κ3) is 4.46. The van der Waals surface area contributed by atoms with Crippen molar-refractivity contribution < 1.29 is 4.79 Å². The van der Waals surface area contributed by atoms with Gasteiger partial charge in [0.2, 0.25) is 0 Å². The van der Waals surface area contributed by atoms with E-state index >= 15 is 0 Å². The topological polar surface area (TPSA) is 17.1 Å². The van der Waals surface area contributed by atoms with Crippen LogP contribution in [0.1, 0.15) is 46.0 Å². The molecule has 15 heavy (non-hydrogen) atoms. The van der Waals surface area contributed by atoms with Crippen molar-refractivity contribution in [2.75, 3.05) is 0 Å². The molecule has 0 saturated carbocycles. The van der Waals surface area contributed by atoms with Gasteiger partial charge in [0.15, 0.2) is 0 Å². The standard InChI is InChI=1S/C14H22O/c1-11(2)13-8-7-12(3)5-4-6-14(15)10-9-13/h7-8,11,13H,3-6,9-10H2,1-2H3/b8-7+. The normalized spacial score (nSPS) is 26.7. The van der Waals surface area contributed by atoms with E-state index in [0.717, 1.165) is 37.7 Å². The van der Waals surface area contributed by atoms with Crippen LogP contribution in [0.5, 0.6) is 0 Å². The number of Topliss-reactive ketones (excluding diaryl/α,β-unsaturated/α-hetero) is 1. The lowest BCUT2D eigenvalue weighted by atomic mass is 9.88. The van der Waals surface area contributed by atoms with Gasteiger partial charge in [-0.05, 0) is 31.1 Å². The number of carbonyl (C=O) groups excluding carboxylic acids is 1. The van der Waals surface area contributed by atoms with Crippen LogP contribution in [0.2, 0.25) is 0 Å². The van der Waals surface area contributed by atoms with Gasteiger partial charge < -0.3 is 0 Å². The minimum Gasteiger partial charge on any atom is -0.300 e. The summed E-state index contributed by atoms with van der Waals surface area (Å²) in [6.07, 6.45) is 8.81. The van der Waals surface area contributed by atoms with Gasteiger partial charge in [0.05, 0.1) is 0 Å². The summed E-state index contributed by atoms with van der Waals surface area (Å²) in [5, 5.41) is 0. The van der Waals surface area contributed by atoms with E-state index in [2.05, 4.69) is 32.6 Å². The highest BCUT2D eigenvalue weighted by atomic mass is 16.1. The molecule has 1 aliphatic rings. The Balaban J connectivity index is 2.67. The molecule has 0 aromatic heterocycles. The van der Waals surface area contributed by atoms with Gasteiger partial charge in [-0.25, -0.2) is 0 Å². The van der Waals surface area contributed by atoms with Crippen molar-refractivity contribution in [2.24, 2.45) is 11.8 Å². The van der Waals surface area contributed by atoms with Crippen molar-refractivity contribution in [1.82, 2.24) is 0 Å². The third-order valence-corrected chi connectivity index (χ3v) is 3.15. The van der Waals surface area contributed by atoms with Crippen molar-refractivity contribution in [3.8, 4) is 0 Å². The highest BCUT2D eigenvalue weighted by Gasteiger charge is 2.13. The van der Waals surface area contributed by atoms with Gasteiger partial charge >= 0.3 is 0 Å². The number of hydrogen-bond acceptors (Lipinski definition) is 1. The minimum atomic E-state index is 0.420. The summed E-state index contributed by atoms with van der Waals surface area (Å²) >= 11 is 0. The molecule has 0 aromatic rings. The number of allylic oxidation sites excluding steroid dienone is 3. The van der Waals surface area contributed by atoms with Crippen LogP contribution in [-0.4, -0.2) is 5.78 Å². The summed E-state index contributed by atoms with van der Waals surface area (Å²) in [7, 11) is 0. The molecule has 0 fully saturated rings. The number of ketones is 1. The molecule has 0 amide bonds. The van der Waals surface area contributed by atoms with E-state index < -0.39 is 0 Å². The van der Waals surface area contributed by atoms with Gasteiger partial charge in [-0.15, -0.1) is 0 Å². The average Bonchev–Trinajstić information content (AvgIpc) is 2.16. The first-order chi connectivity index (χ1) is 7.09. The molecular weight excluding hydrogens is 184 g/mol. The zero-order valence-electron chi connectivity index (χ0n) is 9.96. The molecule has 0 saturated heterocycles. The quantitative estimate of drug-likeness (QED) is 0.636. The smallest absolute Gasteiger partial charge is 0.132 e. The summed E-state index contributed by atoms with van der Waals surface area (Å²) in [5.41, 5.74) is 1.16. The molecule has 0 heterocycles. The molecule has 0 aliphatic heterocycles. The molecule has 1 nitrogen and oxygen atoms in total. The zero-order valence-corrected chi connectivity index (χ0v) is 9.96. The second-order valence-electron chi connectivity index (χ2n) is 4.86. The SMILES string of the molecule is C=C1/C=C/C(C(C)C)CCC(=O)CCC1. The zero-order chi connectivity index (χ0) is 11.3. The maximum Gasteiger partial charge on any atom is 0.132 e. The Labute approximate surface area is 93.3 Å². The predicted molar refractivity (Wildman–Crippen MR) is 64.7 cm³/mol. The predicted octanol–water partition coefficient (Wildman–Crippen LogP) is 3.90. The van der Waals surface area contributed by atoms with E-state index in [9.17, 15) is 4.79 Å². The van der Waals surface area contributed by atoms with Crippen LogP contribution < -0.4 is 0 Å². The van der Waals surface area contributed by atoms with Gasteiger partial charge in [0.25, 0.3) is 0 Å². The highest BCUT2D eigenvalue weighted by Crippen LogP contribution is 2.22. The van der Waals surface area contributed by atoms with Crippen LogP contribution >= 0.6 is 0 Å². The summed E-state index contributed by atoms with van der Waals surface area (Å²) in [6, 6.07) is 0. The van der Waals surface area contributed by atoms with Gasteiger partial charge in [-0.3, -0.25) is 4.79 Å². The van der Waals surface area contributed by atoms with E-state index in [1.807, 2.05) is 0 Å². The summed E-state index contributed by atoms with van der Waals surface area (Å²) < 4.78 is 0. The fourth-order valence-electron chi connectivity index (χ4n) is 1.96. The largest absolute Gasteiger partial charge is 0.300 e. The van der Waals surface area contributed by atoms with Crippen LogP contribution in [0, 0.1) is 11.8 Å². The van der Waals surface area contributed by atoms with Crippen molar-refractivity contribution in [2.45, 2.75) is 46.0 Å². The Bertz CT molecular complexity index is 261. The fraction of sp³-hybridized carbons (Fsp3) is 0.643. The summed E-state index contributed by atoms with van der Waals surface area (Å²) in [6.45, 7) is 8.44. The monoisotopic (exact) mass is 206 g/mol.